The number of carbonyl (C=O) groups excluding carboxylic acids is 2. The Labute approximate surface area is 211 Å². The van der Waals surface area contributed by atoms with Gasteiger partial charge in [-0.15, -0.1) is 0 Å². The molecule has 1 aliphatic carbocycles. The van der Waals surface area contributed by atoms with Gasteiger partial charge < -0.3 is 20.5 Å². The van der Waals surface area contributed by atoms with E-state index in [0.29, 0.717) is 4.60 Å². The Bertz CT molecular complexity index is 1220. The quantitative estimate of drug-likeness (QED) is 0.374. The van der Waals surface area contributed by atoms with Crippen LogP contribution in [0.2, 0.25) is 0 Å². The van der Waals surface area contributed by atoms with E-state index in [2.05, 4.69) is 52.5 Å². The molecule has 0 spiro atoms. The lowest BCUT2D eigenvalue weighted by Gasteiger charge is -2.18. The van der Waals surface area contributed by atoms with Gasteiger partial charge in [0.25, 0.3) is 0 Å². The molecule has 11 heteroatoms. The number of hydrogen-bond donors (Lipinski definition) is 3. The lowest BCUT2D eigenvalue weighted by atomic mass is 9.98. The van der Waals surface area contributed by atoms with Crippen molar-refractivity contribution in [3.63, 3.8) is 0 Å². The van der Waals surface area contributed by atoms with E-state index in [-0.39, 0.29) is 22.9 Å². The van der Waals surface area contributed by atoms with Crippen LogP contribution in [-0.2, 0) is 14.3 Å². The number of halogens is 2. The van der Waals surface area contributed by atoms with E-state index in [0.717, 1.165) is 22.3 Å². The monoisotopic (exact) mass is 588 g/mol. The highest BCUT2D eigenvalue weighted by atomic mass is 79.9. The summed E-state index contributed by atoms with van der Waals surface area (Å²) in [5.41, 5.74) is 4.23. The maximum Gasteiger partial charge on any atom is 0.407 e. The van der Waals surface area contributed by atoms with Crippen LogP contribution in [0.5, 0.6) is 0 Å². The molecule has 3 aromatic rings. The molecular formula is C23H18Br2N4O5. The molecule has 0 aliphatic heterocycles. The summed E-state index contributed by atoms with van der Waals surface area (Å²) < 4.78 is 6.11. The van der Waals surface area contributed by atoms with Gasteiger partial charge in [0.15, 0.2) is 5.82 Å². The highest BCUT2D eigenvalue weighted by Crippen LogP contribution is 2.44. The number of nitrogens with zero attached hydrogens (tertiary/aromatic N) is 2. The van der Waals surface area contributed by atoms with Gasteiger partial charge in [0.1, 0.15) is 21.9 Å². The first kappa shape index (κ1) is 23.8. The average Bonchev–Trinajstić information content (AvgIpc) is 3.12. The van der Waals surface area contributed by atoms with Gasteiger partial charge >= 0.3 is 12.1 Å². The van der Waals surface area contributed by atoms with Crippen LogP contribution >= 0.6 is 31.9 Å². The van der Waals surface area contributed by atoms with Gasteiger partial charge in [-0.1, -0.05) is 48.5 Å². The van der Waals surface area contributed by atoms with E-state index in [1.807, 2.05) is 48.5 Å². The summed E-state index contributed by atoms with van der Waals surface area (Å²) >= 11 is 6.32. The summed E-state index contributed by atoms with van der Waals surface area (Å²) in [6.45, 7) is 0.0327. The number of nitrogens with one attached hydrogen (secondary N) is 2. The molecule has 1 aromatic heterocycles. The number of aliphatic carboxylic acids is 1. The SMILES string of the molecule is O=C(O)CC(NC(=O)OCC1c2ccccc2-c2ccccc21)C(=O)Nc1ncc(Br)nc1Br. The van der Waals surface area contributed by atoms with Crippen LogP contribution < -0.4 is 10.6 Å². The van der Waals surface area contributed by atoms with Crippen molar-refractivity contribution in [2.75, 3.05) is 11.9 Å². The molecule has 174 valence electrons. The van der Waals surface area contributed by atoms with Crippen molar-refractivity contribution < 1.29 is 24.2 Å². The molecule has 1 unspecified atom stereocenters. The van der Waals surface area contributed by atoms with E-state index in [1.54, 1.807) is 0 Å². The summed E-state index contributed by atoms with van der Waals surface area (Å²) in [7, 11) is 0. The number of rotatable bonds is 7. The first-order chi connectivity index (χ1) is 16.3. The summed E-state index contributed by atoms with van der Waals surface area (Å²) in [5, 5.41) is 14.0. The second-order valence-electron chi connectivity index (χ2n) is 7.44. The van der Waals surface area contributed by atoms with Crippen molar-refractivity contribution in [1.29, 1.82) is 0 Å². The Morgan fingerprint density at radius 2 is 1.65 bits per heavy atom. The van der Waals surface area contributed by atoms with Crippen molar-refractivity contribution in [1.82, 2.24) is 15.3 Å². The smallest absolute Gasteiger partial charge is 0.407 e. The molecule has 4 rings (SSSR count). The number of alkyl carbamates (subject to hydrolysis) is 1. The maximum absolute atomic E-state index is 12.7. The number of anilines is 1. The lowest BCUT2D eigenvalue weighted by Crippen LogP contribution is -2.45. The summed E-state index contributed by atoms with van der Waals surface area (Å²) in [5.74, 6) is -2.12. The zero-order chi connectivity index (χ0) is 24.2. The Kier molecular flexibility index (Phi) is 7.23. The van der Waals surface area contributed by atoms with Crippen LogP contribution in [0.25, 0.3) is 11.1 Å². The highest BCUT2D eigenvalue weighted by molar-refractivity contribution is 9.11. The molecule has 1 aliphatic rings. The van der Waals surface area contributed by atoms with Gasteiger partial charge in [-0.25, -0.2) is 14.8 Å². The first-order valence-corrected chi connectivity index (χ1v) is 11.7. The molecule has 0 bridgehead atoms. The number of carboxylic acids is 1. The van der Waals surface area contributed by atoms with E-state index in [9.17, 15) is 19.5 Å². The molecule has 2 amide bonds. The molecule has 0 fully saturated rings. The third kappa shape index (κ3) is 5.26. The van der Waals surface area contributed by atoms with Gasteiger partial charge in [0.2, 0.25) is 5.91 Å². The van der Waals surface area contributed by atoms with Crippen LogP contribution in [0, 0.1) is 0 Å². The van der Waals surface area contributed by atoms with Gasteiger partial charge in [-0.05, 0) is 54.1 Å². The molecule has 9 nitrogen and oxygen atoms in total. The number of fused-ring (bicyclic) bond motifs is 3. The summed E-state index contributed by atoms with van der Waals surface area (Å²) in [4.78, 5) is 44.5. The third-order valence-electron chi connectivity index (χ3n) is 5.27. The number of hydrogen-bond acceptors (Lipinski definition) is 6. The number of ether oxygens (including phenoxy) is 1. The second kappa shape index (κ2) is 10.3. The minimum absolute atomic E-state index is 0.0327. The van der Waals surface area contributed by atoms with Crippen LogP contribution in [0.1, 0.15) is 23.5 Å². The van der Waals surface area contributed by atoms with Gasteiger partial charge in [-0.3, -0.25) is 9.59 Å². The van der Waals surface area contributed by atoms with Crippen LogP contribution in [0.3, 0.4) is 0 Å². The van der Waals surface area contributed by atoms with Crippen LogP contribution in [0.4, 0.5) is 10.6 Å². The lowest BCUT2D eigenvalue weighted by molar-refractivity contribution is -0.139. The van der Waals surface area contributed by atoms with E-state index in [1.165, 1.54) is 6.20 Å². The largest absolute Gasteiger partial charge is 0.481 e. The van der Waals surface area contributed by atoms with Crippen LogP contribution in [-0.4, -0.2) is 45.7 Å². The second-order valence-corrected chi connectivity index (χ2v) is 9.01. The van der Waals surface area contributed by atoms with Crippen LogP contribution in [0.15, 0.2) is 63.9 Å². The first-order valence-electron chi connectivity index (χ1n) is 10.2. The number of amides is 2. The van der Waals surface area contributed by atoms with E-state index in [4.69, 9.17) is 4.74 Å². The van der Waals surface area contributed by atoms with Gasteiger partial charge in [-0.2, -0.15) is 0 Å². The minimum atomic E-state index is -1.38. The Morgan fingerprint density at radius 3 is 2.24 bits per heavy atom. The highest BCUT2D eigenvalue weighted by Gasteiger charge is 2.30. The van der Waals surface area contributed by atoms with E-state index < -0.39 is 30.4 Å². The topological polar surface area (TPSA) is 131 Å². The number of aromatic nitrogens is 2. The molecule has 0 saturated carbocycles. The fraction of sp³-hybridized carbons (Fsp3) is 0.174. The zero-order valence-electron chi connectivity index (χ0n) is 17.5. The summed E-state index contributed by atoms with van der Waals surface area (Å²) in [6, 6.07) is 14.4. The number of carboxylic acid groups (broad SMARTS) is 1. The number of carbonyl (C=O) groups is 3. The van der Waals surface area contributed by atoms with Crippen molar-refractivity contribution in [2.24, 2.45) is 0 Å². The predicted molar refractivity (Wildman–Crippen MR) is 130 cm³/mol. The predicted octanol–water partition coefficient (Wildman–Crippen LogP) is 4.32. The molecule has 2 aromatic carbocycles. The Morgan fingerprint density at radius 1 is 1.03 bits per heavy atom. The average molecular weight is 590 g/mol. The normalized spacial score (nSPS) is 12.9. The van der Waals surface area contributed by atoms with Crippen molar-refractivity contribution in [2.45, 2.75) is 18.4 Å². The minimum Gasteiger partial charge on any atom is -0.481 e. The van der Waals surface area contributed by atoms with Gasteiger partial charge in [0, 0.05) is 5.92 Å². The molecule has 1 atom stereocenters. The standard InChI is InChI=1S/C23H18Br2N4O5/c24-18-10-26-21(20(25)28-18)29-22(32)17(9-19(30)31)27-23(33)34-11-16-14-7-3-1-5-12(14)13-6-2-4-8-15(13)16/h1-8,10,16-17H,9,11H2,(H,27,33)(H,30,31)(H,26,29,32). The van der Waals surface area contributed by atoms with Gasteiger partial charge in [0.05, 0.1) is 12.6 Å². The fourth-order valence-electron chi connectivity index (χ4n) is 3.80. The Balaban J connectivity index is 1.43. The summed E-state index contributed by atoms with van der Waals surface area (Å²) in [6.07, 6.45) is -0.174. The third-order valence-corrected chi connectivity index (χ3v) is 6.21. The molecular weight excluding hydrogens is 572 g/mol. The molecule has 34 heavy (non-hydrogen) atoms. The molecule has 3 N–H and O–H groups in total. The van der Waals surface area contributed by atoms with Crippen molar-refractivity contribution in [3.8, 4) is 11.1 Å². The maximum atomic E-state index is 12.7. The van der Waals surface area contributed by atoms with Crippen molar-refractivity contribution in [3.05, 3.63) is 75.1 Å². The number of benzene rings is 2. The van der Waals surface area contributed by atoms with E-state index >= 15 is 0 Å². The fourth-order valence-corrected chi connectivity index (χ4v) is 4.71. The molecule has 0 saturated heterocycles. The molecule has 1 heterocycles. The zero-order valence-corrected chi connectivity index (χ0v) is 20.7. The molecule has 0 radical (unpaired) electrons. The van der Waals surface area contributed by atoms with Crippen molar-refractivity contribution >= 4 is 55.6 Å². The Hall–Kier alpha value is -3.31.